The van der Waals surface area contributed by atoms with Gasteiger partial charge in [0.05, 0.1) is 47.7 Å². The molecule has 0 saturated carbocycles. The van der Waals surface area contributed by atoms with Gasteiger partial charge in [-0.3, -0.25) is 33.6 Å². The van der Waals surface area contributed by atoms with Crippen molar-refractivity contribution in [1.82, 2.24) is 52.5 Å². The lowest BCUT2D eigenvalue weighted by molar-refractivity contribution is -0.346. The highest BCUT2D eigenvalue weighted by Gasteiger charge is 2.53. The van der Waals surface area contributed by atoms with Gasteiger partial charge in [0.2, 0.25) is 53.4 Å². The second kappa shape index (κ2) is 36.0. The van der Waals surface area contributed by atoms with E-state index < -0.39 is 284 Å². The highest BCUT2D eigenvalue weighted by Crippen LogP contribution is 2.50. The van der Waals surface area contributed by atoms with Crippen molar-refractivity contribution in [2.24, 2.45) is 11.7 Å². The Labute approximate surface area is 679 Å². The standard InChI is InChI=1S/C76H87Cl2N11O29/c1-27(2)12-39(80-5)67(103)88-55-57(96)30-7-10-43(37(77)14-30)112-45-16-32-17-46(64(45)117-75-62(101)60(99)65(48(25-91)115-75)118-74-61(100)59(98)58(97)47(24-90)114-74)113-44-11-8-31(15-38(44)78)63(116-50-21-76(4,66(102)28(3)111-50)83-23-33-22-81-26-82-33)56-72(108)87-54(73(109)110)36-18-34(92)19-42(94)51(36)35-13-29(6-9-41(35)93)52(69(105)89-56)86-70(106)53(32)85-68(104)40(20-49(79)95)84-71(55)107/h6-11,13-19,22,24,26-28,39-40,47-48,50,52-63,65-66,74-75,80,83,91-94,96-102H,12,20-21,23,25H2,1-5H3,(H2,79,95)(H,81,82)(H,84,107)(H,85,104)(H,86,106)(H,87,108)(H,88,103)(H,89,105)(H,109,110)/t28-,39+,40-,47+,48+,50?,52+,53+,54+,55+,56-,57+,58-,59-,60+,61+,62+,63+,65+,66-,74-,75-,76-/m0/s1. The maximum Gasteiger partial charge on any atom is 0.330 e. The summed E-state index contributed by atoms with van der Waals surface area (Å²) >= 11 is 14.5. The monoisotopic (exact) mass is 1690 g/mol. The molecule has 42 heteroatoms. The summed E-state index contributed by atoms with van der Waals surface area (Å²) in [5.41, 5.74) is 2.01. The molecule has 0 spiro atoms. The van der Waals surface area contributed by atoms with Gasteiger partial charge < -0.3 is 157 Å². The van der Waals surface area contributed by atoms with Crippen LogP contribution in [-0.2, 0) is 73.4 Å². The van der Waals surface area contributed by atoms with E-state index in [4.69, 9.17) is 66.8 Å². The highest BCUT2D eigenvalue weighted by molar-refractivity contribution is 6.32. The maximum absolute atomic E-state index is 16.4. The number of carboxylic acids is 1. The summed E-state index contributed by atoms with van der Waals surface area (Å²) in [4.78, 5) is 139. The van der Waals surface area contributed by atoms with Crippen molar-refractivity contribution in [1.29, 1.82) is 0 Å². The fourth-order valence-electron chi connectivity index (χ4n) is 14.7. The molecule has 14 rings (SSSR count). The molecule has 40 nitrogen and oxygen atoms in total. The van der Waals surface area contributed by atoms with Crippen molar-refractivity contribution in [2.75, 3.05) is 13.7 Å². The number of carbonyl (C=O) groups excluding carboxylic acids is 8. The lowest BCUT2D eigenvalue weighted by Crippen LogP contribution is -2.65. The van der Waals surface area contributed by atoms with Crippen LogP contribution < -0.4 is 62.5 Å². The predicted octanol–water partition coefficient (Wildman–Crippen LogP) is -1.31. The Kier molecular flexibility index (Phi) is 26.5. The molecule has 1 aromatic heterocycles. The van der Waals surface area contributed by atoms with E-state index in [-0.39, 0.29) is 42.7 Å². The number of aromatic amines is 1. The van der Waals surface area contributed by atoms with Gasteiger partial charge in [0.15, 0.2) is 36.4 Å². The fraction of sp³-hybridized carbons (Fsp3) is 0.447. The van der Waals surface area contributed by atoms with Gasteiger partial charge in [-0.05, 0) is 110 Å². The van der Waals surface area contributed by atoms with Crippen molar-refractivity contribution < 1.29 is 142 Å². The Balaban J connectivity index is 1.09. The van der Waals surface area contributed by atoms with E-state index in [1.807, 2.05) is 0 Å². The number of H-pyrrole nitrogens is 1. The van der Waals surface area contributed by atoms with Crippen LogP contribution in [0.15, 0.2) is 91.4 Å². The van der Waals surface area contributed by atoms with Crippen LogP contribution in [0, 0.1) is 5.92 Å². The SMILES string of the molecule is CN[C@H](CC(C)C)C(=O)N[C@H]1C(=O)N[C@@H](CC(N)=O)C(=O)N[C@H]2C(=O)N[C@H]3C(=O)N[C@H](C(=O)N[C@@H](C(=O)O)c4cc(O)cc(O)c4-c4cc3ccc4O)[C@H](OC3C[C@](C)(NCc4cnc[nH]4)[C@@H](O)[C@H](C)O3)c3ccc(c(Cl)c3)Oc3cc2cc(c3O[C@@H]2O[C@H](CO)[C@@H](O[C@@H]3O[C@H](C=O)[C@H](O)[C@H](O)[C@H]3O)[C@H](O)[C@H]2O)Oc2ccc(cc2Cl)[C@H]1O. The number of rotatable bonds is 19. The normalized spacial score (nSPS) is 30.8. The number of fused-ring (bicyclic) bond motifs is 15. The number of aliphatic hydroxyl groups excluding tert-OH is 8. The van der Waals surface area contributed by atoms with Gasteiger partial charge in [-0.25, -0.2) is 9.78 Å². The molecule has 6 aromatic rings. The molecule has 23 N–H and O–H groups in total. The third-order valence-electron chi connectivity index (χ3n) is 21.0. The van der Waals surface area contributed by atoms with Gasteiger partial charge in [0, 0.05) is 53.2 Å². The van der Waals surface area contributed by atoms with Gasteiger partial charge in [0.1, 0.15) is 120 Å². The zero-order valence-corrected chi connectivity index (χ0v) is 64.7. The first-order valence-corrected chi connectivity index (χ1v) is 37.8. The number of phenols is 3. The molecule has 8 aliphatic heterocycles. The Hall–Kier alpha value is -10.5. The second-order valence-corrected chi connectivity index (χ2v) is 30.6. The second-order valence-electron chi connectivity index (χ2n) is 29.7. The number of nitrogens with zero attached hydrogens (tertiary/aromatic N) is 1. The molecule has 0 aliphatic carbocycles. The number of amides is 7. The molecule has 11 bridgehead atoms. The summed E-state index contributed by atoms with van der Waals surface area (Å²) in [5, 5.41) is 157. The van der Waals surface area contributed by atoms with E-state index >= 15 is 24.0 Å². The van der Waals surface area contributed by atoms with Gasteiger partial charge in [-0.2, -0.15) is 0 Å². The minimum atomic E-state index is -2.43. The first-order chi connectivity index (χ1) is 56.0. The van der Waals surface area contributed by atoms with Crippen molar-refractivity contribution in [3.63, 3.8) is 0 Å². The van der Waals surface area contributed by atoms with Crippen LogP contribution >= 0.6 is 23.2 Å². The predicted molar refractivity (Wildman–Crippen MR) is 402 cm³/mol. The number of aliphatic hydroxyl groups is 8. The molecule has 118 heavy (non-hydrogen) atoms. The summed E-state index contributed by atoms with van der Waals surface area (Å²) in [5.74, 6) is -16.8. The van der Waals surface area contributed by atoms with Gasteiger partial charge >= 0.3 is 5.97 Å². The number of carboxylic acid groups (broad SMARTS) is 1. The Morgan fingerprint density at radius 3 is 1.98 bits per heavy atom. The average molecular weight is 1690 g/mol. The largest absolute Gasteiger partial charge is 0.508 e. The first-order valence-electron chi connectivity index (χ1n) is 37.0. The van der Waals surface area contributed by atoms with Crippen LogP contribution in [0.2, 0.25) is 10.0 Å². The molecular weight excluding hydrogens is 1600 g/mol. The van der Waals surface area contributed by atoms with Crippen molar-refractivity contribution in [3.05, 3.63) is 135 Å². The molecule has 3 saturated heterocycles. The number of aliphatic carboxylic acids is 1. The minimum Gasteiger partial charge on any atom is -0.508 e. The summed E-state index contributed by atoms with van der Waals surface area (Å²) < 4.78 is 50.3. The van der Waals surface area contributed by atoms with Crippen molar-refractivity contribution in [3.8, 4) is 57.1 Å². The third kappa shape index (κ3) is 18.4. The van der Waals surface area contributed by atoms with E-state index in [2.05, 4.69) is 52.5 Å². The van der Waals surface area contributed by atoms with Gasteiger partial charge in [-0.1, -0.05) is 55.2 Å². The number of aromatic nitrogens is 2. The van der Waals surface area contributed by atoms with E-state index in [1.54, 1.807) is 20.8 Å². The average Bonchev–Trinajstić information content (AvgIpc) is 1.07. The third-order valence-corrected chi connectivity index (χ3v) is 21.6. The number of halogens is 2. The smallest absolute Gasteiger partial charge is 0.330 e. The van der Waals surface area contributed by atoms with Crippen LogP contribution in [0.1, 0.15) is 111 Å². The number of aldehydes is 1. The Morgan fingerprint density at radius 1 is 0.712 bits per heavy atom. The molecule has 9 heterocycles. The number of hydrogen-bond donors (Lipinski definition) is 22. The van der Waals surface area contributed by atoms with Gasteiger partial charge in [-0.15, -0.1) is 0 Å². The summed E-state index contributed by atoms with van der Waals surface area (Å²) in [7, 11) is 1.45. The molecular formula is C76H87Cl2N11O29. The van der Waals surface area contributed by atoms with Crippen LogP contribution in [0.5, 0.6) is 46.0 Å². The number of nitrogens with one attached hydrogen (secondary N) is 9. The highest BCUT2D eigenvalue weighted by atomic mass is 35.5. The molecule has 8 aliphatic rings. The Morgan fingerprint density at radius 2 is 1.36 bits per heavy atom. The number of likely N-dealkylation sites (N-methyl/N-ethyl adjacent to an activating group) is 1. The molecule has 5 aromatic carbocycles. The number of aromatic hydroxyl groups is 3. The topological polar surface area (TPSA) is 621 Å². The molecule has 1 unspecified atom stereocenters. The van der Waals surface area contributed by atoms with Crippen LogP contribution in [-0.4, -0.2) is 248 Å². The number of nitrogens with two attached hydrogens (primary N) is 1. The van der Waals surface area contributed by atoms with E-state index in [1.165, 1.54) is 38.6 Å². The fourth-order valence-corrected chi connectivity index (χ4v) is 15.2. The minimum absolute atomic E-state index is 0.0761. The Bertz CT molecular complexity index is 4800. The molecule has 3 fully saturated rings. The van der Waals surface area contributed by atoms with Crippen LogP contribution in [0.25, 0.3) is 11.1 Å². The first kappa shape index (κ1) is 86.8. The lowest BCUT2D eigenvalue weighted by Gasteiger charge is -2.46. The zero-order valence-electron chi connectivity index (χ0n) is 63.1. The molecule has 7 amide bonds. The van der Waals surface area contributed by atoms with Crippen molar-refractivity contribution in [2.45, 2.75) is 193 Å². The number of hydrogen-bond acceptors (Lipinski definition) is 31. The number of primary amides is 1. The summed E-state index contributed by atoms with van der Waals surface area (Å²) in [6.45, 7) is 5.67. The number of benzene rings is 5. The van der Waals surface area contributed by atoms with E-state index in [0.717, 1.165) is 66.7 Å². The van der Waals surface area contributed by atoms with Crippen LogP contribution in [0.4, 0.5) is 0 Å². The van der Waals surface area contributed by atoms with Gasteiger partial charge in [0.25, 0.3) is 0 Å². The number of carbonyl (C=O) groups is 9. The van der Waals surface area contributed by atoms with E-state index in [9.17, 15) is 80.5 Å². The quantitative estimate of drug-likeness (QED) is 0.0419. The summed E-state index contributed by atoms with van der Waals surface area (Å²) in [6.07, 6.45) is -27.2. The summed E-state index contributed by atoms with van der Waals surface area (Å²) in [6, 6.07) is -1.16. The zero-order chi connectivity index (χ0) is 85.4. The maximum atomic E-state index is 16.4. The number of ether oxygens (including phenoxy) is 8. The lowest BCUT2D eigenvalue weighted by atomic mass is 9.85. The molecule has 23 atom stereocenters. The number of phenolic OH excluding ortho intramolecular Hbond substituents is 3. The molecule has 634 valence electrons. The number of imidazole rings is 1. The molecule has 0 radical (unpaired) electrons. The van der Waals surface area contributed by atoms with Crippen LogP contribution in [0.3, 0.4) is 0 Å². The van der Waals surface area contributed by atoms with Crippen molar-refractivity contribution >= 4 is 76.8 Å². The van der Waals surface area contributed by atoms with E-state index in [0.29, 0.717) is 5.69 Å².